The molecule has 3 aromatic rings. The lowest BCUT2D eigenvalue weighted by Gasteiger charge is -2.09. The molecule has 0 saturated carbocycles. The zero-order valence-corrected chi connectivity index (χ0v) is 14.9. The molecule has 146 valence electrons. The van der Waals surface area contributed by atoms with E-state index in [-0.39, 0.29) is 23.9 Å². The number of rotatable bonds is 6. The highest BCUT2D eigenvalue weighted by atomic mass is 32.1. The van der Waals surface area contributed by atoms with E-state index in [1.165, 1.54) is 35.6 Å². The first-order chi connectivity index (χ1) is 13.3. The predicted octanol–water partition coefficient (Wildman–Crippen LogP) is 5.11. The Morgan fingerprint density at radius 1 is 1.04 bits per heavy atom. The largest absolute Gasteiger partial charge is 0.573 e. The van der Waals surface area contributed by atoms with Crippen LogP contribution in [0.2, 0.25) is 0 Å². The highest BCUT2D eigenvalue weighted by molar-refractivity contribution is 7.13. The lowest BCUT2D eigenvalue weighted by molar-refractivity contribution is -0.274. The number of hydrogen-bond acceptors (Lipinski definition) is 5. The molecule has 5 nitrogen and oxygen atoms in total. The Hall–Kier alpha value is -3.14. The maximum atomic E-state index is 12.9. The molecular weight excluding hydrogens is 398 g/mol. The molecule has 0 radical (unpaired) electrons. The minimum Gasteiger partial charge on any atom is -0.406 e. The summed E-state index contributed by atoms with van der Waals surface area (Å²) in [4.78, 5) is 16.4. The zero-order valence-electron chi connectivity index (χ0n) is 14.1. The first-order valence-electron chi connectivity index (χ1n) is 7.89. The van der Waals surface area contributed by atoms with E-state index in [0.29, 0.717) is 22.2 Å². The van der Waals surface area contributed by atoms with Crippen molar-refractivity contribution < 1.29 is 27.1 Å². The Bertz CT molecular complexity index is 941. The number of halogens is 4. The normalized spacial score (nSPS) is 11.1. The average Bonchev–Trinajstić information content (AvgIpc) is 3.04. The number of carbonyl (C=O) groups excluding carboxylic acids is 1. The summed E-state index contributed by atoms with van der Waals surface area (Å²) in [6.45, 7) is 0. The van der Waals surface area contributed by atoms with Gasteiger partial charge in [-0.3, -0.25) is 4.79 Å². The summed E-state index contributed by atoms with van der Waals surface area (Å²) >= 11 is 1.29. The Morgan fingerprint density at radius 3 is 2.32 bits per heavy atom. The van der Waals surface area contributed by atoms with Crippen molar-refractivity contribution in [2.24, 2.45) is 0 Å². The molecule has 0 saturated heterocycles. The maximum Gasteiger partial charge on any atom is 0.573 e. The molecule has 3 rings (SSSR count). The summed E-state index contributed by atoms with van der Waals surface area (Å²) in [5.41, 5.74) is 1.51. The van der Waals surface area contributed by atoms with E-state index in [9.17, 15) is 22.4 Å². The molecule has 28 heavy (non-hydrogen) atoms. The van der Waals surface area contributed by atoms with Crippen molar-refractivity contribution in [3.63, 3.8) is 0 Å². The maximum absolute atomic E-state index is 12.9. The summed E-state index contributed by atoms with van der Waals surface area (Å²) in [5, 5.41) is 7.82. The second kappa shape index (κ2) is 8.26. The van der Waals surface area contributed by atoms with Gasteiger partial charge in [0.05, 0.1) is 12.1 Å². The van der Waals surface area contributed by atoms with Crippen LogP contribution in [0.3, 0.4) is 0 Å². The number of benzene rings is 2. The highest BCUT2D eigenvalue weighted by Crippen LogP contribution is 2.24. The van der Waals surface area contributed by atoms with Gasteiger partial charge in [0.2, 0.25) is 5.91 Å². The van der Waals surface area contributed by atoms with E-state index in [1.54, 1.807) is 17.5 Å². The van der Waals surface area contributed by atoms with E-state index in [1.807, 2.05) is 0 Å². The molecule has 2 aromatic carbocycles. The average molecular weight is 411 g/mol. The fourth-order valence-corrected chi connectivity index (χ4v) is 2.94. The number of ether oxygens (including phenoxy) is 1. The standard InChI is InChI=1S/C18H13F4N3O2S/c19-11-1-3-13(4-2-11)24-17-25-14(10-28-17)9-16(26)23-12-5-7-15(8-6-12)27-18(20,21)22/h1-8,10H,9H2,(H,23,26)(H,24,25). The minimum absolute atomic E-state index is 0.0115. The van der Waals surface area contributed by atoms with Gasteiger partial charge in [0.25, 0.3) is 0 Å². The van der Waals surface area contributed by atoms with Gasteiger partial charge in [-0.25, -0.2) is 9.37 Å². The van der Waals surface area contributed by atoms with Crippen molar-refractivity contribution >= 4 is 33.8 Å². The number of anilines is 3. The van der Waals surface area contributed by atoms with Crippen molar-refractivity contribution in [1.29, 1.82) is 0 Å². The minimum atomic E-state index is -4.77. The second-order valence-electron chi connectivity index (χ2n) is 5.57. The number of amides is 1. The SMILES string of the molecule is O=C(Cc1csc(Nc2ccc(F)cc2)n1)Nc1ccc(OC(F)(F)F)cc1. The third-order valence-electron chi connectivity index (χ3n) is 3.36. The molecule has 1 amide bonds. The van der Waals surface area contributed by atoms with Crippen LogP contribution in [0.25, 0.3) is 0 Å². The Labute approximate surface area is 161 Å². The van der Waals surface area contributed by atoms with E-state index < -0.39 is 6.36 Å². The number of nitrogens with zero attached hydrogens (tertiary/aromatic N) is 1. The fourth-order valence-electron chi connectivity index (χ4n) is 2.21. The molecule has 10 heteroatoms. The van der Waals surface area contributed by atoms with Crippen LogP contribution in [0.15, 0.2) is 53.9 Å². The molecule has 0 aliphatic carbocycles. The Kier molecular flexibility index (Phi) is 5.78. The van der Waals surface area contributed by atoms with Crippen LogP contribution in [0.1, 0.15) is 5.69 Å². The van der Waals surface area contributed by atoms with Crippen LogP contribution >= 0.6 is 11.3 Å². The number of nitrogens with one attached hydrogen (secondary N) is 2. The van der Waals surface area contributed by atoms with Crippen molar-refractivity contribution in [2.75, 3.05) is 10.6 Å². The van der Waals surface area contributed by atoms with Crippen LogP contribution < -0.4 is 15.4 Å². The summed E-state index contributed by atoms with van der Waals surface area (Å²) in [5.74, 6) is -1.09. The number of alkyl halides is 3. The smallest absolute Gasteiger partial charge is 0.406 e. The van der Waals surface area contributed by atoms with E-state index in [0.717, 1.165) is 12.1 Å². The monoisotopic (exact) mass is 411 g/mol. The van der Waals surface area contributed by atoms with Gasteiger partial charge >= 0.3 is 6.36 Å². The highest BCUT2D eigenvalue weighted by Gasteiger charge is 2.30. The van der Waals surface area contributed by atoms with Gasteiger partial charge in [0.1, 0.15) is 11.6 Å². The van der Waals surface area contributed by atoms with Crippen LogP contribution in [0, 0.1) is 5.82 Å². The number of carbonyl (C=O) groups is 1. The van der Waals surface area contributed by atoms with Crippen LogP contribution in [0.5, 0.6) is 5.75 Å². The number of hydrogen-bond donors (Lipinski definition) is 2. The summed E-state index contributed by atoms with van der Waals surface area (Å²) in [6.07, 6.45) is -4.78. The predicted molar refractivity (Wildman–Crippen MR) is 97.3 cm³/mol. The molecule has 0 unspecified atom stereocenters. The van der Waals surface area contributed by atoms with Gasteiger partial charge in [-0.1, -0.05) is 0 Å². The molecule has 1 aromatic heterocycles. The molecule has 2 N–H and O–H groups in total. The second-order valence-corrected chi connectivity index (χ2v) is 6.43. The summed E-state index contributed by atoms with van der Waals surface area (Å²) in [6, 6.07) is 10.6. The van der Waals surface area contributed by atoms with E-state index in [4.69, 9.17) is 0 Å². The van der Waals surface area contributed by atoms with Crippen molar-refractivity contribution in [3.05, 3.63) is 65.4 Å². The van der Waals surface area contributed by atoms with E-state index >= 15 is 0 Å². The van der Waals surface area contributed by atoms with Gasteiger partial charge in [-0.2, -0.15) is 0 Å². The third kappa shape index (κ3) is 5.95. The van der Waals surface area contributed by atoms with Crippen molar-refractivity contribution in [1.82, 2.24) is 4.98 Å². The molecule has 0 bridgehead atoms. The lowest BCUT2D eigenvalue weighted by atomic mass is 10.2. The van der Waals surface area contributed by atoms with Gasteiger partial charge in [-0.15, -0.1) is 24.5 Å². The molecular formula is C18H13F4N3O2S. The Morgan fingerprint density at radius 2 is 1.68 bits per heavy atom. The van der Waals surface area contributed by atoms with Gasteiger partial charge in [0.15, 0.2) is 5.13 Å². The molecule has 0 spiro atoms. The van der Waals surface area contributed by atoms with E-state index in [2.05, 4.69) is 20.4 Å². The quantitative estimate of drug-likeness (QED) is 0.554. The first kappa shape index (κ1) is 19.6. The lowest BCUT2D eigenvalue weighted by Crippen LogP contribution is -2.17. The molecule has 0 fully saturated rings. The van der Waals surface area contributed by atoms with Crippen molar-refractivity contribution in [2.45, 2.75) is 12.8 Å². The molecule has 1 heterocycles. The molecule has 0 aliphatic rings. The topological polar surface area (TPSA) is 63.2 Å². The van der Waals surface area contributed by atoms with Crippen LogP contribution in [0.4, 0.5) is 34.1 Å². The fraction of sp³-hybridized carbons (Fsp3) is 0.111. The first-order valence-corrected chi connectivity index (χ1v) is 8.77. The molecule has 0 atom stereocenters. The Balaban J connectivity index is 1.53. The number of aromatic nitrogens is 1. The van der Waals surface area contributed by atoms with Gasteiger partial charge in [0, 0.05) is 16.8 Å². The van der Waals surface area contributed by atoms with Gasteiger partial charge in [-0.05, 0) is 48.5 Å². The van der Waals surface area contributed by atoms with Crippen LogP contribution in [-0.2, 0) is 11.2 Å². The van der Waals surface area contributed by atoms with Gasteiger partial charge < -0.3 is 15.4 Å². The zero-order chi connectivity index (χ0) is 20.1. The third-order valence-corrected chi connectivity index (χ3v) is 4.17. The summed E-state index contributed by atoms with van der Waals surface area (Å²) < 4.78 is 53.1. The van der Waals surface area contributed by atoms with Crippen LogP contribution in [-0.4, -0.2) is 17.3 Å². The number of thiazole rings is 1. The summed E-state index contributed by atoms with van der Waals surface area (Å²) in [7, 11) is 0. The van der Waals surface area contributed by atoms with Crippen molar-refractivity contribution in [3.8, 4) is 5.75 Å². The molecule has 0 aliphatic heterocycles.